The molecule has 4 heteroatoms. The molecule has 0 aromatic heterocycles. The topological polar surface area (TPSA) is 41.1 Å². The number of carbonyl (C=O) groups is 1. The molecule has 124 valence electrons. The Labute approximate surface area is 146 Å². The van der Waals surface area contributed by atoms with Gasteiger partial charge in [-0.1, -0.05) is 15.9 Å². The number of halogens is 1. The van der Waals surface area contributed by atoms with Gasteiger partial charge >= 0.3 is 0 Å². The smallest absolute Gasteiger partial charge is 0.242 e. The summed E-state index contributed by atoms with van der Waals surface area (Å²) >= 11 is 3.44. The maximum atomic E-state index is 12.7. The highest BCUT2D eigenvalue weighted by Gasteiger charge is 2.51. The number of hydrogen-bond donors (Lipinski definition) is 2. The van der Waals surface area contributed by atoms with E-state index in [2.05, 4.69) is 26.6 Å². The molecular formula is C19H25BrN2O. The van der Waals surface area contributed by atoms with Gasteiger partial charge in [0.2, 0.25) is 5.91 Å². The number of benzene rings is 1. The van der Waals surface area contributed by atoms with Crippen molar-refractivity contribution < 1.29 is 4.79 Å². The van der Waals surface area contributed by atoms with Crippen LogP contribution in [0.4, 0.5) is 5.69 Å². The molecule has 4 fully saturated rings. The van der Waals surface area contributed by atoms with Crippen molar-refractivity contribution in [2.24, 2.45) is 17.8 Å². The number of carbonyl (C=O) groups excluding carboxylic acids is 1. The number of amides is 1. The van der Waals surface area contributed by atoms with Gasteiger partial charge in [0.1, 0.15) is 6.04 Å². The fourth-order valence-corrected chi connectivity index (χ4v) is 5.76. The first-order chi connectivity index (χ1) is 11.0. The summed E-state index contributed by atoms with van der Waals surface area (Å²) in [7, 11) is 0. The summed E-state index contributed by atoms with van der Waals surface area (Å²) in [5, 5.41) is 6.76. The molecule has 0 saturated heterocycles. The van der Waals surface area contributed by atoms with Crippen LogP contribution in [-0.4, -0.2) is 17.5 Å². The predicted molar refractivity (Wildman–Crippen MR) is 96.3 cm³/mol. The molecular weight excluding hydrogens is 352 g/mol. The molecule has 0 radical (unpaired) electrons. The van der Waals surface area contributed by atoms with E-state index >= 15 is 0 Å². The normalized spacial score (nSPS) is 35.8. The van der Waals surface area contributed by atoms with Crippen molar-refractivity contribution in [2.45, 2.75) is 57.0 Å². The zero-order chi connectivity index (χ0) is 16.0. The Morgan fingerprint density at radius 3 is 2.13 bits per heavy atom. The van der Waals surface area contributed by atoms with Gasteiger partial charge in [-0.3, -0.25) is 4.79 Å². The molecule has 1 aromatic rings. The van der Waals surface area contributed by atoms with Gasteiger partial charge in [-0.15, -0.1) is 0 Å². The molecule has 3 nitrogen and oxygen atoms in total. The molecule has 4 aliphatic rings. The van der Waals surface area contributed by atoms with Crippen molar-refractivity contribution in [3.63, 3.8) is 0 Å². The lowest BCUT2D eigenvalue weighted by Gasteiger charge is -2.57. The van der Waals surface area contributed by atoms with Crippen LogP contribution in [-0.2, 0) is 4.79 Å². The van der Waals surface area contributed by atoms with E-state index in [-0.39, 0.29) is 17.5 Å². The quantitative estimate of drug-likeness (QED) is 0.820. The highest BCUT2D eigenvalue weighted by atomic mass is 79.9. The molecule has 4 saturated carbocycles. The Kier molecular flexibility index (Phi) is 3.91. The van der Waals surface area contributed by atoms with Crippen LogP contribution in [0.1, 0.15) is 45.4 Å². The average Bonchev–Trinajstić information content (AvgIpc) is 2.47. The van der Waals surface area contributed by atoms with Gasteiger partial charge in [0, 0.05) is 15.7 Å². The van der Waals surface area contributed by atoms with Crippen LogP contribution < -0.4 is 10.6 Å². The second-order valence-electron chi connectivity index (χ2n) is 8.06. The van der Waals surface area contributed by atoms with Gasteiger partial charge in [0.15, 0.2) is 0 Å². The van der Waals surface area contributed by atoms with Crippen LogP contribution in [0, 0.1) is 17.8 Å². The number of hydrogen-bond acceptors (Lipinski definition) is 2. The molecule has 0 unspecified atom stereocenters. The van der Waals surface area contributed by atoms with Gasteiger partial charge in [0.05, 0.1) is 0 Å². The molecule has 0 aliphatic heterocycles. The third-order valence-corrected chi connectivity index (χ3v) is 6.58. The molecule has 5 rings (SSSR count). The fourth-order valence-electron chi connectivity index (χ4n) is 5.49. The van der Waals surface area contributed by atoms with E-state index in [4.69, 9.17) is 0 Å². The highest BCUT2D eigenvalue weighted by Crippen LogP contribution is 2.55. The van der Waals surface area contributed by atoms with Gasteiger partial charge in [-0.2, -0.15) is 0 Å². The monoisotopic (exact) mass is 376 g/mol. The molecule has 1 atom stereocenters. The van der Waals surface area contributed by atoms with Crippen LogP contribution in [0.2, 0.25) is 0 Å². The van der Waals surface area contributed by atoms with Gasteiger partial charge in [0.25, 0.3) is 0 Å². The van der Waals surface area contributed by atoms with Crippen LogP contribution in [0.5, 0.6) is 0 Å². The van der Waals surface area contributed by atoms with Crippen LogP contribution in [0.15, 0.2) is 28.7 Å². The van der Waals surface area contributed by atoms with E-state index in [0.29, 0.717) is 0 Å². The first-order valence-corrected chi connectivity index (χ1v) is 9.65. The summed E-state index contributed by atoms with van der Waals surface area (Å²) in [6.45, 7) is 1.96. The van der Waals surface area contributed by atoms with Crippen molar-refractivity contribution in [2.75, 3.05) is 5.32 Å². The van der Waals surface area contributed by atoms with Gasteiger partial charge in [-0.05, 0) is 87.5 Å². The largest absolute Gasteiger partial charge is 0.374 e. The Morgan fingerprint density at radius 2 is 1.61 bits per heavy atom. The average molecular weight is 377 g/mol. The number of rotatable bonds is 4. The molecule has 4 bridgehead atoms. The lowest BCUT2D eigenvalue weighted by Crippen LogP contribution is -2.61. The predicted octanol–water partition coefficient (Wildman–Crippen LogP) is 4.33. The van der Waals surface area contributed by atoms with E-state index in [9.17, 15) is 4.79 Å². The van der Waals surface area contributed by atoms with E-state index < -0.39 is 0 Å². The number of anilines is 1. The van der Waals surface area contributed by atoms with E-state index in [1.54, 1.807) is 0 Å². The Morgan fingerprint density at radius 1 is 1.09 bits per heavy atom. The van der Waals surface area contributed by atoms with Crippen molar-refractivity contribution in [1.82, 2.24) is 5.32 Å². The minimum absolute atomic E-state index is 0.0987. The first kappa shape index (κ1) is 15.5. The lowest BCUT2D eigenvalue weighted by atomic mass is 9.53. The van der Waals surface area contributed by atoms with Crippen LogP contribution in [0.3, 0.4) is 0 Å². The minimum Gasteiger partial charge on any atom is -0.374 e. The molecule has 2 N–H and O–H groups in total. The summed E-state index contributed by atoms with van der Waals surface area (Å²) in [6.07, 6.45) is 7.83. The fraction of sp³-hybridized carbons (Fsp3) is 0.632. The molecule has 0 heterocycles. The molecule has 1 aromatic carbocycles. The number of nitrogens with one attached hydrogen (secondary N) is 2. The SMILES string of the molecule is C[C@H](Nc1ccc(Br)cc1)C(=O)NC12CC3CC(CC(C3)C1)C2. The van der Waals surface area contributed by atoms with E-state index in [1.807, 2.05) is 31.2 Å². The standard InChI is InChI=1S/C19H25BrN2O/c1-12(21-17-4-2-16(20)3-5-17)18(23)22-19-9-13-6-14(10-19)8-15(7-13)11-19/h2-5,12-15,21H,6-11H2,1H3,(H,22,23)/t12-,13?,14?,15?,19?/m0/s1. The van der Waals surface area contributed by atoms with Crippen molar-refractivity contribution in [3.05, 3.63) is 28.7 Å². The molecule has 0 spiro atoms. The summed E-state index contributed by atoms with van der Waals surface area (Å²) in [6, 6.07) is 7.78. The summed E-state index contributed by atoms with van der Waals surface area (Å²) in [5.41, 5.74) is 1.09. The maximum absolute atomic E-state index is 12.7. The van der Waals surface area contributed by atoms with Crippen LogP contribution in [0.25, 0.3) is 0 Å². The van der Waals surface area contributed by atoms with Crippen molar-refractivity contribution >= 4 is 27.5 Å². The maximum Gasteiger partial charge on any atom is 0.242 e. The Bertz CT molecular complexity index is 563. The summed E-state index contributed by atoms with van der Waals surface area (Å²) in [5.74, 6) is 2.72. The summed E-state index contributed by atoms with van der Waals surface area (Å²) < 4.78 is 1.05. The second-order valence-corrected chi connectivity index (χ2v) is 8.98. The van der Waals surface area contributed by atoms with Crippen molar-refractivity contribution in [1.29, 1.82) is 0 Å². The zero-order valence-electron chi connectivity index (χ0n) is 13.6. The minimum atomic E-state index is -0.204. The van der Waals surface area contributed by atoms with Gasteiger partial charge < -0.3 is 10.6 Å². The third-order valence-electron chi connectivity index (χ3n) is 6.05. The van der Waals surface area contributed by atoms with E-state index in [1.165, 1.54) is 38.5 Å². The molecule has 1 amide bonds. The van der Waals surface area contributed by atoms with Crippen molar-refractivity contribution in [3.8, 4) is 0 Å². The third kappa shape index (κ3) is 3.15. The summed E-state index contributed by atoms with van der Waals surface area (Å²) in [4.78, 5) is 12.7. The zero-order valence-corrected chi connectivity index (χ0v) is 15.2. The van der Waals surface area contributed by atoms with Crippen LogP contribution >= 0.6 is 15.9 Å². The van der Waals surface area contributed by atoms with Gasteiger partial charge in [-0.25, -0.2) is 0 Å². The lowest BCUT2D eigenvalue weighted by molar-refractivity contribution is -0.127. The molecule has 23 heavy (non-hydrogen) atoms. The Balaban J connectivity index is 1.40. The first-order valence-electron chi connectivity index (χ1n) is 8.85. The Hall–Kier alpha value is -1.03. The molecule has 4 aliphatic carbocycles. The van der Waals surface area contributed by atoms with E-state index in [0.717, 1.165) is 27.9 Å². The highest BCUT2D eigenvalue weighted by molar-refractivity contribution is 9.10. The second kappa shape index (κ2) is 5.80.